The van der Waals surface area contributed by atoms with Crippen LogP contribution < -0.4 is 0 Å². The predicted octanol–water partition coefficient (Wildman–Crippen LogP) is 2.61. The van der Waals surface area contributed by atoms with Gasteiger partial charge in [0.15, 0.2) is 11.6 Å². The average molecular weight is 228 g/mol. The molecule has 0 heterocycles. The van der Waals surface area contributed by atoms with Crippen molar-refractivity contribution in [2.24, 2.45) is 16.7 Å². The Balaban J connectivity index is 2.18. The monoisotopic (exact) mass is 228 g/mol. The first-order valence-electron chi connectivity index (χ1n) is 6.01. The molecule has 88 valence electrons. The fraction of sp³-hybridized carbons (Fsp3) is 0.467. The standard InChI is InChI=1S/C15H16O2/c1-8-12(16)6-9-5-10-11(15(8,9)4)7-14(2,3)13(10)17/h5-6,11H,1,7H2,2-4H3/t11-,15-/m1/s1. The molecular formula is C15H16O2. The number of hydrogen-bond donors (Lipinski definition) is 0. The van der Waals surface area contributed by atoms with Gasteiger partial charge in [-0.1, -0.05) is 33.4 Å². The lowest BCUT2D eigenvalue weighted by Crippen LogP contribution is -2.26. The SMILES string of the molecule is C=C1C(=O)C=C2C=C3C(=O)C(C)(C)C[C@H]3[C@]12C. The average Bonchev–Trinajstić information content (AvgIpc) is 2.71. The van der Waals surface area contributed by atoms with Gasteiger partial charge >= 0.3 is 0 Å². The van der Waals surface area contributed by atoms with Crippen LogP contribution >= 0.6 is 0 Å². The van der Waals surface area contributed by atoms with Crippen LogP contribution in [0.4, 0.5) is 0 Å². The first kappa shape index (κ1) is 10.7. The highest BCUT2D eigenvalue weighted by atomic mass is 16.1. The highest BCUT2D eigenvalue weighted by Gasteiger charge is 2.58. The van der Waals surface area contributed by atoms with Crippen LogP contribution in [0.15, 0.2) is 35.5 Å². The summed E-state index contributed by atoms with van der Waals surface area (Å²) in [6, 6.07) is 0. The van der Waals surface area contributed by atoms with E-state index in [0.29, 0.717) is 5.57 Å². The number of carbonyl (C=O) groups excluding carboxylic acids is 2. The lowest BCUT2D eigenvalue weighted by molar-refractivity contribution is -0.121. The molecule has 3 aliphatic rings. The van der Waals surface area contributed by atoms with Gasteiger partial charge in [-0.25, -0.2) is 0 Å². The van der Waals surface area contributed by atoms with E-state index in [1.54, 1.807) is 6.08 Å². The highest BCUT2D eigenvalue weighted by Crippen LogP contribution is 2.61. The zero-order valence-corrected chi connectivity index (χ0v) is 10.5. The summed E-state index contributed by atoms with van der Waals surface area (Å²) in [5.74, 6) is 0.407. The van der Waals surface area contributed by atoms with Gasteiger partial charge < -0.3 is 0 Å². The van der Waals surface area contributed by atoms with E-state index in [2.05, 4.69) is 13.5 Å². The molecule has 0 spiro atoms. The lowest BCUT2D eigenvalue weighted by atomic mass is 9.71. The van der Waals surface area contributed by atoms with Crippen molar-refractivity contribution in [3.05, 3.63) is 35.5 Å². The van der Waals surface area contributed by atoms with Gasteiger partial charge in [-0.05, 0) is 18.1 Å². The molecular weight excluding hydrogens is 212 g/mol. The van der Waals surface area contributed by atoms with Gasteiger partial charge in [-0.15, -0.1) is 0 Å². The van der Waals surface area contributed by atoms with Crippen LogP contribution in [0.25, 0.3) is 0 Å². The van der Waals surface area contributed by atoms with Crippen molar-refractivity contribution >= 4 is 11.6 Å². The minimum Gasteiger partial charge on any atom is -0.294 e. The number of carbonyl (C=O) groups is 2. The van der Waals surface area contributed by atoms with Crippen LogP contribution in [-0.2, 0) is 9.59 Å². The molecule has 0 amide bonds. The molecule has 2 heteroatoms. The quantitative estimate of drug-likeness (QED) is 0.597. The molecule has 0 radical (unpaired) electrons. The second-order valence-electron chi connectivity index (χ2n) is 6.21. The van der Waals surface area contributed by atoms with E-state index in [1.807, 2.05) is 19.9 Å². The van der Waals surface area contributed by atoms with E-state index >= 15 is 0 Å². The Morgan fingerprint density at radius 2 is 1.88 bits per heavy atom. The normalized spacial score (nSPS) is 38.1. The second-order valence-corrected chi connectivity index (χ2v) is 6.21. The van der Waals surface area contributed by atoms with Crippen LogP contribution in [0.1, 0.15) is 27.2 Å². The summed E-state index contributed by atoms with van der Waals surface area (Å²) in [5, 5.41) is 0. The van der Waals surface area contributed by atoms with E-state index in [9.17, 15) is 9.59 Å². The van der Waals surface area contributed by atoms with E-state index in [1.165, 1.54) is 0 Å². The van der Waals surface area contributed by atoms with E-state index in [4.69, 9.17) is 0 Å². The first-order valence-corrected chi connectivity index (χ1v) is 6.01. The molecule has 0 N–H and O–H groups in total. The highest BCUT2D eigenvalue weighted by molar-refractivity contribution is 6.12. The summed E-state index contributed by atoms with van der Waals surface area (Å²) in [4.78, 5) is 24.0. The Hall–Kier alpha value is -1.44. The van der Waals surface area contributed by atoms with Gasteiger partial charge in [0.1, 0.15) is 0 Å². The molecule has 0 unspecified atom stereocenters. The molecule has 2 atom stereocenters. The molecule has 1 fully saturated rings. The van der Waals surface area contributed by atoms with Crippen molar-refractivity contribution in [2.45, 2.75) is 27.2 Å². The summed E-state index contributed by atoms with van der Waals surface area (Å²) in [6.07, 6.45) is 4.39. The number of hydrogen-bond acceptors (Lipinski definition) is 2. The second kappa shape index (κ2) is 2.69. The predicted molar refractivity (Wildman–Crippen MR) is 65.3 cm³/mol. The Bertz CT molecular complexity index is 545. The third kappa shape index (κ3) is 1.02. The number of rotatable bonds is 0. The fourth-order valence-electron chi connectivity index (χ4n) is 3.52. The Kier molecular flexibility index (Phi) is 1.69. The molecule has 0 aliphatic heterocycles. The van der Waals surface area contributed by atoms with Gasteiger partial charge in [0.05, 0.1) is 0 Å². The molecule has 1 saturated carbocycles. The number of allylic oxidation sites excluding steroid dienone is 5. The van der Waals surface area contributed by atoms with Gasteiger partial charge in [0.2, 0.25) is 0 Å². The topological polar surface area (TPSA) is 34.1 Å². The molecule has 3 aliphatic carbocycles. The van der Waals surface area contributed by atoms with Crippen LogP contribution in [0, 0.1) is 16.7 Å². The van der Waals surface area contributed by atoms with E-state index in [-0.39, 0.29) is 28.3 Å². The molecule has 0 bridgehead atoms. The zero-order valence-electron chi connectivity index (χ0n) is 10.5. The minimum atomic E-state index is -0.324. The van der Waals surface area contributed by atoms with E-state index < -0.39 is 0 Å². The number of ketones is 2. The van der Waals surface area contributed by atoms with Gasteiger partial charge in [0.25, 0.3) is 0 Å². The Morgan fingerprint density at radius 1 is 1.24 bits per heavy atom. The lowest BCUT2D eigenvalue weighted by Gasteiger charge is -2.30. The van der Waals surface area contributed by atoms with Crippen LogP contribution in [0.2, 0.25) is 0 Å². The molecule has 2 nitrogen and oxygen atoms in total. The fourth-order valence-corrected chi connectivity index (χ4v) is 3.52. The maximum Gasteiger partial charge on any atom is 0.182 e. The smallest absolute Gasteiger partial charge is 0.182 e. The maximum absolute atomic E-state index is 12.3. The van der Waals surface area contributed by atoms with E-state index in [0.717, 1.165) is 17.6 Å². The zero-order chi connectivity index (χ0) is 12.6. The van der Waals surface area contributed by atoms with Crippen LogP contribution in [0.5, 0.6) is 0 Å². The first-order chi connectivity index (χ1) is 7.78. The third-order valence-electron chi connectivity index (χ3n) is 4.79. The summed E-state index contributed by atoms with van der Waals surface area (Å²) in [7, 11) is 0. The molecule has 3 rings (SSSR count). The van der Waals surface area contributed by atoms with Gasteiger partial charge in [0, 0.05) is 27.9 Å². The summed E-state index contributed by atoms with van der Waals surface area (Å²) < 4.78 is 0. The van der Waals surface area contributed by atoms with Crippen molar-refractivity contribution in [2.75, 3.05) is 0 Å². The Morgan fingerprint density at radius 3 is 2.53 bits per heavy atom. The van der Waals surface area contributed by atoms with Gasteiger partial charge in [-0.3, -0.25) is 9.59 Å². The Labute approximate surface area is 101 Å². The van der Waals surface area contributed by atoms with Crippen molar-refractivity contribution in [1.82, 2.24) is 0 Å². The maximum atomic E-state index is 12.3. The number of fused-ring (bicyclic) bond motifs is 3. The van der Waals surface area contributed by atoms with Crippen LogP contribution in [0.3, 0.4) is 0 Å². The molecule has 0 aromatic rings. The third-order valence-corrected chi connectivity index (χ3v) is 4.79. The number of Topliss-reactive ketones (excluding diaryl/α,β-unsaturated/α-hetero) is 1. The van der Waals surface area contributed by atoms with Crippen molar-refractivity contribution < 1.29 is 9.59 Å². The molecule has 0 aromatic carbocycles. The minimum absolute atomic E-state index is 0.0231. The molecule has 0 saturated heterocycles. The van der Waals surface area contributed by atoms with Crippen LogP contribution in [-0.4, -0.2) is 11.6 Å². The summed E-state index contributed by atoms with van der Waals surface area (Å²) in [6.45, 7) is 9.96. The van der Waals surface area contributed by atoms with Crippen molar-refractivity contribution in [3.63, 3.8) is 0 Å². The molecule has 17 heavy (non-hydrogen) atoms. The molecule has 0 aromatic heterocycles. The largest absolute Gasteiger partial charge is 0.294 e. The van der Waals surface area contributed by atoms with Crippen molar-refractivity contribution in [1.29, 1.82) is 0 Å². The van der Waals surface area contributed by atoms with Gasteiger partial charge in [-0.2, -0.15) is 0 Å². The van der Waals surface area contributed by atoms with Crippen molar-refractivity contribution in [3.8, 4) is 0 Å². The summed E-state index contributed by atoms with van der Waals surface area (Å²) >= 11 is 0. The summed E-state index contributed by atoms with van der Waals surface area (Å²) in [5.41, 5.74) is 1.91.